The van der Waals surface area contributed by atoms with Crippen molar-refractivity contribution < 1.29 is 4.79 Å². The number of aromatic nitrogens is 3. The molecule has 0 spiro atoms. The van der Waals surface area contributed by atoms with E-state index in [-0.39, 0.29) is 18.0 Å². The Morgan fingerprint density at radius 2 is 2.04 bits per heavy atom. The van der Waals surface area contributed by atoms with Crippen molar-refractivity contribution in [1.29, 1.82) is 0 Å². The highest BCUT2D eigenvalue weighted by Gasteiger charge is 2.14. The minimum atomic E-state index is -0.268. The molecular weight excluding hydrogens is 348 g/mol. The summed E-state index contributed by atoms with van der Waals surface area (Å²) in [5.74, 6) is 0.438. The van der Waals surface area contributed by atoms with Crippen molar-refractivity contribution in [3.8, 4) is 0 Å². The van der Waals surface area contributed by atoms with Gasteiger partial charge in [-0.05, 0) is 43.5 Å². The molecule has 0 saturated heterocycles. The van der Waals surface area contributed by atoms with Crippen LogP contribution in [0.15, 0.2) is 46.6 Å². The number of hydrogen-bond donors (Lipinski definition) is 1. The molecule has 0 fully saturated rings. The summed E-state index contributed by atoms with van der Waals surface area (Å²) in [6.45, 7) is 4.22. The van der Waals surface area contributed by atoms with Gasteiger partial charge in [0.15, 0.2) is 0 Å². The van der Waals surface area contributed by atoms with E-state index >= 15 is 0 Å². The molecule has 3 aromatic heterocycles. The van der Waals surface area contributed by atoms with Crippen LogP contribution in [0.2, 0.25) is 0 Å². The van der Waals surface area contributed by atoms with Crippen molar-refractivity contribution in [2.45, 2.75) is 26.9 Å². The number of hydrogen-bond acceptors (Lipinski definition) is 4. The van der Waals surface area contributed by atoms with Gasteiger partial charge >= 0.3 is 0 Å². The Morgan fingerprint density at radius 1 is 1.19 bits per heavy atom. The van der Waals surface area contributed by atoms with Gasteiger partial charge in [0.1, 0.15) is 17.9 Å². The van der Waals surface area contributed by atoms with Crippen LogP contribution in [0.25, 0.3) is 16.4 Å². The third-order valence-electron chi connectivity index (χ3n) is 4.33. The van der Waals surface area contributed by atoms with E-state index in [1.807, 2.05) is 60.0 Å². The average molecular weight is 366 g/mol. The summed E-state index contributed by atoms with van der Waals surface area (Å²) in [6.07, 6.45) is 0. The molecule has 0 radical (unpaired) electrons. The summed E-state index contributed by atoms with van der Waals surface area (Å²) in [5.41, 5.74) is 2.34. The van der Waals surface area contributed by atoms with Crippen LogP contribution in [0.1, 0.15) is 16.3 Å². The summed E-state index contributed by atoms with van der Waals surface area (Å²) >= 11 is 1.58. The van der Waals surface area contributed by atoms with Crippen LogP contribution in [-0.2, 0) is 17.9 Å². The number of benzene rings is 1. The van der Waals surface area contributed by atoms with Crippen LogP contribution in [-0.4, -0.2) is 20.1 Å². The van der Waals surface area contributed by atoms with E-state index in [2.05, 4.69) is 10.4 Å². The van der Waals surface area contributed by atoms with Crippen molar-refractivity contribution >= 4 is 33.7 Å². The largest absolute Gasteiger partial charge is 0.350 e. The summed E-state index contributed by atoms with van der Waals surface area (Å²) in [6, 6.07) is 11.8. The van der Waals surface area contributed by atoms with Crippen molar-refractivity contribution in [3.05, 3.63) is 68.4 Å². The van der Waals surface area contributed by atoms with Crippen molar-refractivity contribution in [2.75, 3.05) is 0 Å². The van der Waals surface area contributed by atoms with E-state index in [1.165, 1.54) is 4.68 Å². The fraction of sp³-hybridized carbons (Fsp3) is 0.211. The monoisotopic (exact) mass is 366 g/mol. The van der Waals surface area contributed by atoms with Gasteiger partial charge in [0, 0.05) is 10.3 Å². The van der Waals surface area contributed by atoms with Crippen LogP contribution in [0, 0.1) is 13.8 Å². The van der Waals surface area contributed by atoms with Crippen molar-refractivity contribution in [2.24, 2.45) is 0 Å². The van der Waals surface area contributed by atoms with Gasteiger partial charge in [-0.25, -0.2) is 4.68 Å². The highest BCUT2D eigenvalue weighted by molar-refractivity contribution is 7.09. The Morgan fingerprint density at radius 3 is 2.81 bits per heavy atom. The molecule has 7 heteroatoms. The van der Waals surface area contributed by atoms with Crippen LogP contribution in [0.3, 0.4) is 0 Å². The summed E-state index contributed by atoms with van der Waals surface area (Å²) in [5, 5.41) is 10.1. The van der Waals surface area contributed by atoms with E-state index in [0.717, 1.165) is 21.3 Å². The molecule has 0 bridgehead atoms. The van der Waals surface area contributed by atoms with E-state index in [1.54, 1.807) is 11.3 Å². The zero-order valence-corrected chi connectivity index (χ0v) is 15.3. The van der Waals surface area contributed by atoms with Gasteiger partial charge in [-0.2, -0.15) is 5.10 Å². The number of nitrogens with one attached hydrogen (secondary N) is 1. The predicted molar refractivity (Wildman–Crippen MR) is 103 cm³/mol. The first-order valence-electron chi connectivity index (χ1n) is 8.31. The molecule has 0 saturated carbocycles. The Balaban J connectivity index is 1.67. The normalized spacial score (nSPS) is 11.3. The maximum absolute atomic E-state index is 12.8. The average Bonchev–Trinajstić information content (AvgIpc) is 3.24. The molecule has 0 aliphatic heterocycles. The second-order valence-corrected chi connectivity index (χ2v) is 7.33. The molecule has 0 aliphatic carbocycles. The third-order valence-corrected chi connectivity index (χ3v) is 5.21. The third kappa shape index (κ3) is 2.90. The van der Waals surface area contributed by atoms with Crippen LogP contribution >= 0.6 is 11.3 Å². The molecule has 1 amide bonds. The summed E-state index contributed by atoms with van der Waals surface area (Å²) in [4.78, 5) is 26.1. The molecule has 0 aliphatic rings. The second-order valence-electron chi connectivity index (χ2n) is 6.29. The van der Waals surface area contributed by atoms with Gasteiger partial charge in [-0.3, -0.25) is 14.0 Å². The molecule has 0 unspecified atom stereocenters. The molecule has 1 aromatic carbocycles. The van der Waals surface area contributed by atoms with Crippen molar-refractivity contribution in [1.82, 2.24) is 19.5 Å². The lowest BCUT2D eigenvalue weighted by atomic mass is 10.2. The Labute approximate surface area is 153 Å². The first kappa shape index (κ1) is 16.5. The molecule has 26 heavy (non-hydrogen) atoms. The highest BCUT2D eigenvalue weighted by atomic mass is 32.1. The van der Waals surface area contributed by atoms with E-state index in [4.69, 9.17) is 0 Å². The van der Waals surface area contributed by atoms with Gasteiger partial charge in [-0.15, -0.1) is 11.3 Å². The number of aryl methyl sites for hydroxylation is 2. The lowest BCUT2D eigenvalue weighted by Crippen LogP contribution is -2.34. The number of thiophene rings is 1. The fourth-order valence-electron chi connectivity index (χ4n) is 3.14. The number of amides is 1. The minimum absolute atomic E-state index is 0.0951. The molecule has 6 nitrogen and oxygen atoms in total. The van der Waals surface area contributed by atoms with Gasteiger partial charge in [0.2, 0.25) is 5.91 Å². The quantitative estimate of drug-likeness (QED) is 0.604. The number of fused-ring (bicyclic) bond motifs is 3. The molecule has 132 valence electrons. The molecule has 4 aromatic rings. The lowest BCUT2D eigenvalue weighted by Gasteiger charge is -2.09. The molecular formula is C19H18N4O2S. The Kier molecular flexibility index (Phi) is 4.08. The van der Waals surface area contributed by atoms with Crippen LogP contribution < -0.4 is 10.9 Å². The summed E-state index contributed by atoms with van der Waals surface area (Å²) < 4.78 is 3.08. The molecule has 3 heterocycles. The van der Waals surface area contributed by atoms with Gasteiger partial charge in [0.05, 0.1) is 12.1 Å². The van der Waals surface area contributed by atoms with E-state index in [0.29, 0.717) is 17.9 Å². The maximum atomic E-state index is 12.8. The SMILES string of the molecule is Cc1ccc2c(c1)cc1c(=O)n(CC(=O)NCc3cccs3)nc(C)n12. The molecule has 4 rings (SSSR count). The Bertz CT molecular complexity index is 1170. The maximum Gasteiger partial charge on any atom is 0.291 e. The smallest absolute Gasteiger partial charge is 0.291 e. The molecule has 1 N–H and O–H groups in total. The zero-order valence-electron chi connectivity index (χ0n) is 14.5. The standard InChI is InChI=1S/C19H18N4O2S/c1-12-5-6-16-14(8-12)9-17-19(25)22(21-13(2)23(16)17)11-18(24)20-10-15-4-3-7-26-15/h3-9H,10-11H2,1-2H3,(H,20,24). The number of carbonyl (C=O) groups excluding carboxylic acids is 1. The predicted octanol–water partition coefficient (Wildman–Crippen LogP) is 2.64. The van der Waals surface area contributed by atoms with Crippen molar-refractivity contribution in [3.63, 3.8) is 0 Å². The van der Waals surface area contributed by atoms with Crippen LogP contribution in [0.5, 0.6) is 0 Å². The zero-order chi connectivity index (χ0) is 18.3. The van der Waals surface area contributed by atoms with Gasteiger partial charge in [-0.1, -0.05) is 17.7 Å². The fourth-order valence-corrected chi connectivity index (χ4v) is 3.78. The number of rotatable bonds is 4. The molecule has 0 atom stereocenters. The van der Waals surface area contributed by atoms with E-state index in [9.17, 15) is 9.59 Å². The number of carbonyl (C=O) groups is 1. The first-order chi connectivity index (χ1) is 12.5. The highest BCUT2D eigenvalue weighted by Crippen LogP contribution is 2.20. The van der Waals surface area contributed by atoms with E-state index < -0.39 is 0 Å². The summed E-state index contributed by atoms with van der Waals surface area (Å²) in [7, 11) is 0. The minimum Gasteiger partial charge on any atom is -0.350 e. The van der Waals surface area contributed by atoms with Gasteiger partial charge < -0.3 is 5.32 Å². The Hall–Kier alpha value is -2.93. The second kappa shape index (κ2) is 6.42. The first-order valence-corrected chi connectivity index (χ1v) is 9.19. The van der Waals surface area contributed by atoms with Gasteiger partial charge in [0.25, 0.3) is 5.56 Å². The topological polar surface area (TPSA) is 68.4 Å². The van der Waals surface area contributed by atoms with Crippen LogP contribution in [0.4, 0.5) is 0 Å². The number of nitrogens with zero attached hydrogens (tertiary/aromatic N) is 3. The lowest BCUT2D eigenvalue weighted by molar-refractivity contribution is -0.122.